The quantitative estimate of drug-likeness (QED) is 0.0436. The normalized spacial score (nSPS) is 19.6. The number of methoxy groups -OCH3 is 2. The molecule has 0 spiro atoms. The van der Waals surface area contributed by atoms with Crippen LogP contribution < -0.4 is 4.90 Å². The van der Waals surface area contributed by atoms with Crippen LogP contribution in [0, 0.1) is 0 Å². The number of carbonyl (C=O) groups is 1. The predicted molar refractivity (Wildman–Crippen MR) is 248 cm³/mol. The Hall–Kier alpha value is -4.53. The van der Waals surface area contributed by atoms with Crippen molar-refractivity contribution in [2.75, 3.05) is 56.9 Å². The molecule has 0 bridgehead atoms. The van der Waals surface area contributed by atoms with Gasteiger partial charge in [-0.1, -0.05) is 36.4 Å². The third-order valence-electron chi connectivity index (χ3n) is 12.8. The zero-order chi connectivity index (χ0) is 47.4. The molecule has 18 heteroatoms. The van der Waals surface area contributed by atoms with Gasteiger partial charge in [0.25, 0.3) is 10.1 Å². The fourth-order valence-corrected chi connectivity index (χ4v) is 11.3. The van der Waals surface area contributed by atoms with Crippen molar-refractivity contribution in [2.24, 2.45) is 0 Å². The molecule has 0 saturated carbocycles. The molecule has 4 aromatic carbocycles. The minimum absolute atomic E-state index is 0.0176. The van der Waals surface area contributed by atoms with E-state index in [9.17, 15) is 48.8 Å². The summed E-state index contributed by atoms with van der Waals surface area (Å²) in [5.41, 5.74) is 4.35. The number of hydrogen-bond acceptors (Lipinski definition) is 12. The smallest absolute Gasteiger partial charge is 0.303 e. The van der Waals surface area contributed by atoms with Crippen molar-refractivity contribution in [3.05, 3.63) is 101 Å². The number of carboxylic acids is 1. The number of unbranched alkanes of at least 4 members (excludes halogenated alkanes) is 2. The molecule has 0 amide bonds. The topological polar surface area (TPSA) is 231 Å². The molecule has 352 valence electrons. The van der Waals surface area contributed by atoms with E-state index in [-0.39, 0.29) is 30.6 Å². The lowest BCUT2D eigenvalue weighted by Gasteiger charge is -2.31. The predicted octanol–water partition coefficient (Wildman–Crippen LogP) is 6.95. The molecule has 15 nitrogen and oxygen atoms in total. The second kappa shape index (κ2) is 20.1. The molecular formula is C47H57N2O13S3-. The number of aliphatic carboxylic acids is 1. The van der Waals surface area contributed by atoms with E-state index < -0.39 is 58.7 Å². The molecule has 2 heterocycles. The first-order valence-corrected chi connectivity index (χ1v) is 26.2. The molecule has 0 saturated heterocycles. The van der Waals surface area contributed by atoms with Crippen molar-refractivity contribution >= 4 is 75.0 Å². The van der Waals surface area contributed by atoms with Gasteiger partial charge in [0.05, 0.1) is 43.8 Å². The molecule has 2 unspecified atom stereocenters. The molecule has 0 radical (unpaired) electrons. The van der Waals surface area contributed by atoms with Gasteiger partial charge in [0.1, 0.15) is 6.54 Å². The van der Waals surface area contributed by atoms with Crippen LogP contribution in [0.1, 0.15) is 81.9 Å². The van der Waals surface area contributed by atoms with Crippen LogP contribution in [-0.4, -0.2) is 112 Å². The van der Waals surface area contributed by atoms with E-state index in [1.54, 1.807) is 26.4 Å². The monoisotopic (exact) mass is 953 g/mol. The fourth-order valence-electron chi connectivity index (χ4n) is 9.80. The second-order valence-electron chi connectivity index (χ2n) is 17.3. The molecule has 65 heavy (non-hydrogen) atoms. The molecule has 2 aliphatic heterocycles. The van der Waals surface area contributed by atoms with E-state index in [1.807, 2.05) is 31.2 Å². The lowest BCUT2D eigenvalue weighted by molar-refractivity contribution is -0.438. The Balaban J connectivity index is 1.54. The summed E-state index contributed by atoms with van der Waals surface area (Å²) in [6.07, 6.45) is 8.96. The van der Waals surface area contributed by atoms with Crippen LogP contribution in [0.3, 0.4) is 0 Å². The minimum Gasteiger partial charge on any atom is -0.748 e. The average molecular weight is 954 g/mol. The Morgan fingerprint density at radius 1 is 0.769 bits per heavy atom. The van der Waals surface area contributed by atoms with E-state index in [1.165, 1.54) is 12.1 Å². The lowest BCUT2D eigenvalue weighted by atomic mass is 9.73. The van der Waals surface area contributed by atoms with E-state index in [4.69, 9.17) is 9.47 Å². The zero-order valence-electron chi connectivity index (χ0n) is 37.1. The highest BCUT2D eigenvalue weighted by Gasteiger charge is 2.49. The van der Waals surface area contributed by atoms with Gasteiger partial charge >= 0.3 is 5.97 Å². The second-order valence-corrected chi connectivity index (χ2v) is 21.7. The van der Waals surface area contributed by atoms with Crippen molar-refractivity contribution < 1.29 is 62.9 Å². The Morgan fingerprint density at radius 2 is 1.40 bits per heavy atom. The zero-order valence-corrected chi connectivity index (χ0v) is 39.6. The highest BCUT2D eigenvalue weighted by molar-refractivity contribution is 7.86. The standard InChI is InChI=1S/C47H58N2O13S3/c1-46(23-9-29-63(52,53)54)41(48(25-7-5-6-13-43(50)51)39-20-15-34-31-33(22-27-61-3)14-18-37(34)44(39)46)11-8-12-42-47(2,24-10-30-64(55,56)57)45-38-19-17-36(65(58,59)60)32-35(38)16-21-40(45)49(42)26-28-62-4/h8,11-12,14-21,31-32H,5-7,9-10,13,22-30H2,1-4H3,(H3-,50,51,52,53,54,55,56,57,58,59,60)/p-1. The summed E-state index contributed by atoms with van der Waals surface area (Å²) >= 11 is 0. The van der Waals surface area contributed by atoms with Crippen LogP contribution in [-0.2, 0) is 61.9 Å². The summed E-state index contributed by atoms with van der Waals surface area (Å²) in [7, 11) is -10.4. The van der Waals surface area contributed by atoms with Crippen molar-refractivity contribution in [2.45, 2.75) is 87.4 Å². The van der Waals surface area contributed by atoms with Crippen molar-refractivity contribution in [1.82, 2.24) is 0 Å². The third kappa shape index (κ3) is 11.4. The summed E-state index contributed by atoms with van der Waals surface area (Å²) < 4.78 is 119. The SMILES string of the molecule is COCCc1ccc2c3c(ccc2c1)[N+](CCCCCC(=O)O)=C(C=CC=C1N(CCOC)c2ccc4cc(S(=O)(=O)O)ccc4c2C1(C)CCCS(=O)(=O)[O-])C3(C)CCCS(=O)(=O)[O-]. The highest BCUT2D eigenvalue weighted by Crippen LogP contribution is 2.54. The maximum Gasteiger partial charge on any atom is 0.303 e. The first kappa shape index (κ1) is 49.9. The van der Waals surface area contributed by atoms with E-state index in [0.29, 0.717) is 69.2 Å². The van der Waals surface area contributed by atoms with E-state index in [0.717, 1.165) is 50.2 Å². The van der Waals surface area contributed by atoms with Crippen LogP contribution in [0.5, 0.6) is 0 Å². The van der Waals surface area contributed by atoms with Gasteiger partial charge in [-0.3, -0.25) is 9.35 Å². The van der Waals surface area contributed by atoms with Gasteiger partial charge in [0, 0.05) is 79.6 Å². The molecule has 2 atom stereocenters. The third-order valence-corrected chi connectivity index (χ3v) is 15.2. The van der Waals surface area contributed by atoms with Crippen molar-refractivity contribution in [1.29, 1.82) is 0 Å². The Kier molecular flexibility index (Phi) is 15.5. The number of rotatable bonds is 23. The summed E-state index contributed by atoms with van der Waals surface area (Å²) in [5, 5.41) is 12.5. The summed E-state index contributed by atoms with van der Waals surface area (Å²) in [4.78, 5) is 13.1. The Morgan fingerprint density at radius 3 is 2.05 bits per heavy atom. The minimum atomic E-state index is -4.57. The summed E-state index contributed by atoms with van der Waals surface area (Å²) in [5.74, 6) is -2.03. The first-order valence-electron chi connectivity index (χ1n) is 21.6. The fraction of sp³-hybridized carbons (Fsp3) is 0.447. The number of hydrogen-bond donors (Lipinski definition) is 2. The van der Waals surface area contributed by atoms with Gasteiger partial charge in [-0.25, -0.2) is 16.8 Å². The first-order chi connectivity index (χ1) is 30.6. The Bertz CT molecular complexity index is 2890. The van der Waals surface area contributed by atoms with Crippen LogP contribution in [0.2, 0.25) is 0 Å². The van der Waals surface area contributed by atoms with E-state index >= 15 is 0 Å². The summed E-state index contributed by atoms with van der Waals surface area (Å²) in [6.45, 7) is 5.73. The highest BCUT2D eigenvalue weighted by atomic mass is 32.2. The molecular weight excluding hydrogens is 897 g/mol. The number of nitrogens with zero attached hydrogens (tertiary/aromatic N) is 2. The molecule has 4 aromatic rings. The Labute approximate surface area is 381 Å². The lowest BCUT2D eigenvalue weighted by Crippen LogP contribution is -2.32. The van der Waals surface area contributed by atoms with Crippen molar-refractivity contribution in [3.63, 3.8) is 0 Å². The molecule has 6 rings (SSSR count). The molecule has 0 fully saturated rings. The van der Waals surface area contributed by atoms with Gasteiger partial charge in [-0.15, -0.1) is 0 Å². The number of fused-ring (bicyclic) bond motifs is 6. The van der Waals surface area contributed by atoms with E-state index in [2.05, 4.69) is 46.7 Å². The molecule has 0 aromatic heterocycles. The van der Waals surface area contributed by atoms with Gasteiger partial charge in [-0.2, -0.15) is 13.0 Å². The van der Waals surface area contributed by atoms with Gasteiger partial charge < -0.3 is 28.6 Å². The number of allylic oxidation sites excluding steroid dienone is 4. The molecule has 2 N–H and O–H groups in total. The molecule has 0 aliphatic carbocycles. The van der Waals surface area contributed by atoms with Crippen LogP contribution in [0.25, 0.3) is 21.5 Å². The van der Waals surface area contributed by atoms with Crippen LogP contribution in [0.4, 0.5) is 11.4 Å². The van der Waals surface area contributed by atoms with Gasteiger partial charge in [0.2, 0.25) is 5.69 Å². The summed E-state index contributed by atoms with van der Waals surface area (Å²) in [6, 6.07) is 18.2. The molecule has 2 aliphatic rings. The average Bonchev–Trinajstić information content (AvgIpc) is 3.60. The number of benzene rings is 4. The van der Waals surface area contributed by atoms with Gasteiger partial charge in [-0.05, 0) is 122 Å². The maximum atomic E-state index is 12.1. The largest absolute Gasteiger partial charge is 0.748 e. The number of ether oxygens (including phenoxy) is 2. The number of anilines is 1. The maximum absolute atomic E-state index is 12.1. The van der Waals surface area contributed by atoms with Crippen LogP contribution in [0.15, 0.2) is 89.5 Å². The van der Waals surface area contributed by atoms with Gasteiger partial charge in [0.15, 0.2) is 5.71 Å². The van der Waals surface area contributed by atoms with Crippen molar-refractivity contribution in [3.8, 4) is 0 Å². The van der Waals surface area contributed by atoms with Crippen LogP contribution >= 0.6 is 0 Å². The number of carboxylic acid groups (broad SMARTS) is 1.